The molecule has 4 rings (SSSR count). The Morgan fingerprint density at radius 3 is 2.74 bits per heavy atom. The molecule has 0 spiro atoms. The van der Waals surface area contributed by atoms with Gasteiger partial charge in [-0.2, -0.15) is 0 Å². The zero-order valence-electron chi connectivity index (χ0n) is 20.8. The highest BCUT2D eigenvalue weighted by atomic mass is 16.5. The second-order valence-electron chi connectivity index (χ2n) is 9.35. The lowest BCUT2D eigenvalue weighted by Crippen LogP contribution is -2.24. The summed E-state index contributed by atoms with van der Waals surface area (Å²) in [6.07, 6.45) is 4.77. The number of benzene rings is 2. The minimum atomic E-state index is -0.199. The number of phenolic OH excluding ortho intramolecular Hbond substituents is 1. The fraction of sp³-hybridized carbons (Fsp3) is 0.393. The molecule has 1 aliphatic rings. The molecule has 1 fully saturated rings. The van der Waals surface area contributed by atoms with Crippen LogP contribution in [-0.2, 0) is 9.53 Å². The number of para-hydroxylation sites is 1. The molecule has 2 atom stereocenters. The Morgan fingerprint density at radius 2 is 2.00 bits per heavy atom. The molecule has 7 nitrogen and oxygen atoms in total. The van der Waals surface area contributed by atoms with Crippen LogP contribution >= 0.6 is 0 Å². The van der Waals surface area contributed by atoms with Gasteiger partial charge in [-0.05, 0) is 87.8 Å². The first-order valence-corrected chi connectivity index (χ1v) is 12.2. The Hall–Kier alpha value is -3.61. The van der Waals surface area contributed by atoms with Gasteiger partial charge in [-0.1, -0.05) is 24.6 Å². The van der Waals surface area contributed by atoms with Crippen molar-refractivity contribution in [3.63, 3.8) is 0 Å². The standard InChI is InChI=1S/C28H33N3O4/c1-5-35-28(34)21-9-6-8-20(15-21)23-10-7-11-25(26(23)32)29-16-24-19(4)30-31(27(24)33)22-13-12-17(2)18(3)14-22/h7,10-14,16,20-21,30,32H,5-6,8-9,15H2,1-4H3. The molecule has 0 bridgehead atoms. The number of nitrogens with one attached hydrogen (secondary N) is 1. The van der Waals surface area contributed by atoms with Crippen molar-refractivity contribution in [1.82, 2.24) is 9.78 Å². The number of aromatic hydroxyl groups is 1. The van der Waals surface area contributed by atoms with E-state index in [-0.39, 0.29) is 29.1 Å². The van der Waals surface area contributed by atoms with Crippen LogP contribution in [0.25, 0.3) is 5.69 Å². The van der Waals surface area contributed by atoms with Crippen LogP contribution < -0.4 is 5.56 Å². The Balaban J connectivity index is 1.59. The van der Waals surface area contributed by atoms with Crippen molar-refractivity contribution in [2.75, 3.05) is 6.61 Å². The smallest absolute Gasteiger partial charge is 0.308 e. The van der Waals surface area contributed by atoms with Gasteiger partial charge in [0.1, 0.15) is 11.4 Å². The van der Waals surface area contributed by atoms with E-state index >= 15 is 0 Å². The van der Waals surface area contributed by atoms with Gasteiger partial charge in [0.05, 0.1) is 23.8 Å². The van der Waals surface area contributed by atoms with E-state index in [0.29, 0.717) is 30.0 Å². The predicted octanol–water partition coefficient (Wildman–Crippen LogP) is 5.38. The lowest BCUT2D eigenvalue weighted by molar-refractivity contribution is -0.149. The number of H-pyrrole nitrogens is 1. The van der Waals surface area contributed by atoms with Gasteiger partial charge < -0.3 is 9.84 Å². The van der Waals surface area contributed by atoms with Gasteiger partial charge in [0.15, 0.2) is 0 Å². The first-order valence-electron chi connectivity index (χ1n) is 12.2. The molecule has 1 aliphatic carbocycles. The number of ether oxygens (including phenoxy) is 1. The fourth-order valence-electron chi connectivity index (χ4n) is 4.82. The van der Waals surface area contributed by atoms with Crippen LogP contribution in [0.4, 0.5) is 5.69 Å². The van der Waals surface area contributed by atoms with Gasteiger partial charge in [-0.3, -0.25) is 19.7 Å². The number of hydrogen-bond donors (Lipinski definition) is 2. The molecular weight excluding hydrogens is 442 g/mol. The van der Waals surface area contributed by atoms with Crippen LogP contribution in [0.3, 0.4) is 0 Å². The number of aryl methyl sites for hydroxylation is 3. The monoisotopic (exact) mass is 475 g/mol. The molecule has 184 valence electrons. The highest BCUT2D eigenvalue weighted by Gasteiger charge is 2.30. The van der Waals surface area contributed by atoms with Crippen molar-refractivity contribution < 1.29 is 14.6 Å². The van der Waals surface area contributed by atoms with Crippen molar-refractivity contribution in [3.8, 4) is 11.4 Å². The SMILES string of the molecule is CCOC(=O)C1CCCC(c2cccc(N=Cc3c(C)[nH]n(-c4ccc(C)c(C)c4)c3=O)c2O)C1. The number of aliphatic imine (C=N–C) groups is 1. The molecule has 0 saturated heterocycles. The summed E-state index contributed by atoms with van der Waals surface area (Å²) in [5.74, 6) is -0.147. The summed E-state index contributed by atoms with van der Waals surface area (Å²) in [5, 5.41) is 14.1. The molecule has 0 amide bonds. The largest absolute Gasteiger partial charge is 0.505 e. The van der Waals surface area contributed by atoms with Crippen molar-refractivity contribution >= 4 is 17.9 Å². The highest BCUT2D eigenvalue weighted by Crippen LogP contribution is 2.43. The third kappa shape index (κ3) is 5.09. The number of hydrogen-bond acceptors (Lipinski definition) is 5. The summed E-state index contributed by atoms with van der Waals surface area (Å²) in [7, 11) is 0. The molecule has 3 aromatic rings. The normalized spacial score (nSPS) is 18.2. The highest BCUT2D eigenvalue weighted by molar-refractivity contribution is 5.84. The maximum atomic E-state index is 13.1. The zero-order chi connectivity index (χ0) is 25.1. The van der Waals surface area contributed by atoms with E-state index in [0.717, 1.165) is 41.6 Å². The third-order valence-electron chi connectivity index (χ3n) is 6.98. The topological polar surface area (TPSA) is 96.7 Å². The zero-order valence-corrected chi connectivity index (χ0v) is 20.8. The number of esters is 1. The maximum Gasteiger partial charge on any atom is 0.308 e. The molecule has 2 unspecified atom stereocenters. The molecule has 2 N–H and O–H groups in total. The van der Waals surface area contributed by atoms with E-state index in [1.165, 1.54) is 10.9 Å². The van der Waals surface area contributed by atoms with Crippen LogP contribution in [0, 0.1) is 26.7 Å². The van der Waals surface area contributed by atoms with Crippen molar-refractivity contribution in [1.29, 1.82) is 0 Å². The molecule has 1 heterocycles. The Labute approximate surface area is 205 Å². The number of rotatable bonds is 6. The van der Waals surface area contributed by atoms with E-state index in [1.807, 2.05) is 58.0 Å². The van der Waals surface area contributed by atoms with Gasteiger partial charge in [-0.15, -0.1) is 0 Å². The maximum absolute atomic E-state index is 13.1. The summed E-state index contributed by atoms with van der Waals surface area (Å²) in [5.41, 5.74) is 5.14. The van der Waals surface area contributed by atoms with Gasteiger partial charge in [-0.25, -0.2) is 4.68 Å². The predicted molar refractivity (Wildman–Crippen MR) is 137 cm³/mol. The number of nitrogens with zero attached hydrogens (tertiary/aromatic N) is 2. The Bertz CT molecular complexity index is 1320. The molecule has 0 aliphatic heterocycles. The second-order valence-corrected chi connectivity index (χ2v) is 9.35. The molecule has 35 heavy (non-hydrogen) atoms. The molecule has 1 saturated carbocycles. The fourth-order valence-corrected chi connectivity index (χ4v) is 4.82. The van der Waals surface area contributed by atoms with Crippen LogP contribution in [-0.4, -0.2) is 33.7 Å². The average Bonchev–Trinajstić information content (AvgIpc) is 3.13. The number of aromatic nitrogens is 2. The third-order valence-corrected chi connectivity index (χ3v) is 6.98. The summed E-state index contributed by atoms with van der Waals surface area (Å²) in [6, 6.07) is 11.3. The summed E-state index contributed by atoms with van der Waals surface area (Å²) in [4.78, 5) is 29.8. The number of aromatic amines is 1. The van der Waals surface area contributed by atoms with E-state index in [2.05, 4.69) is 10.1 Å². The molecule has 0 radical (unpaired) electrons. The van der Waals surface area contributed by atoms with Gasteiger partial charge >= 0.3 is 5.97 Å². The number of carbonyl (C=O) groups excluding carboxylic acids is 1. The minimum absolute atomic E-state index is 0.0595. The van der Waals surface area contributed by atoms with Gasteiger partial charge in [0, 0.05) is 11.9 Å². The summed E-state index contributed by atoms with van der Waals surface area (Å²) in [6.45, 7) is 8.06. The van der Waals surface area contributed by atoms with Gasteiger partial charge in [0.2, 0.25) is 0 Å². The summed E-state index contributed by atoms with van der Waals surface area (Å²) < 4.78 is 6.73. The Kier molecular flexibility index (Phi) is 7.24. The molecular formula is C28H33N3O4. The second kappa shape index (κ2) is 10.3. The van der Waals surface area contributed by atoms with Crippen molar-refractivity contribution in [2.24, 2.45) is 10.9 Å². The average molecular weight is 476 g/mol. The van der Waals surface area contributed by atoms with Crippen molar-refractivity contribution in [2.45, 2.75) is 59.3 Å². The Morgan fingerprint density at radius 1 is 1.20 bits per heavy atom. The van der Waals surface area contributed by atoms with Crippen LogP contribution in [0.2, 0.25) is 0 Å². The quantitative estimate of drug-likeness (QED) is 0.369. The van der Waals surface area contributed by atoms with E-state index < -0.39 is 0 Å². The lowest BCUT2D eigenvalue weighted by atomic mass is 9.77. The van der Waals surface area contributed by atoms with Crippen LogP contribution in [0.5, 0.6) is 5.75 Å². The molecule has 2 aromatic carbocycles. The molecule has 1 aromatic heterocycles. The molecule has 7 heteroatoms. The van der Waals surface area contributed by atoms with E-state index in [9.17, 15) is 14.7 Å². The first kappa shape index (κ1) is 24.5. The van der Waals surface area contributed by atoms with Crippen molar-refractivity contribution in [3.05, 3.63) is 74.7 Å². The van der Waals surface area contributed by atoms with Gasteiger partial charge in [0.25, 0.3) is 5.56 Å². The van der Waals surface area contributed by atoms with Crippen LogP contribution in [0.15, 0.2) is 46.2 Å². The number of carbonyl (C=O) groups is 1. The van der Waals surface area contributed by atoms with Crippen LogP contribution in [0.1, 0.15) is 66.5 Å². The van der Waals surface area contributed by atoms with E-state index in [1.54, 1.807) is 6.07 Å². The lowest BCUT2D eigenvalue weighted by Gasteiger charge is -2.28. The summed E-state index contributed by atoms with van der Waals surface area (Å²) >= 11 is 0. The first-order chi connectivity index (χ1) is 16.8. The minimum Gasteiger partial charge on any atom is -0.505 e. The van der Waals surface area contributed by atoms with E-state index in [4.69, 9.17) is 4.74 Å². The number of phenols is 1.